The van der Waals surface area contributed by atoms with E-state index in [4.69, 9.17) is 15.6 Å². The molecule has 1 aromatic heterocycles. The lowest BCUT2D eigenvalue weighted by Gasteiger charge is -2.15. The lowest BCUT2D eigenvalue weighted by molar-refractivity contribution is -0.138. The first kappa shape index (κ1) is 13.9. The normalized spacial score (nSPS) is 12.4. The Morgan fingerprint density at radius 2 is 2.47 bits per heavy atom. The minimum absolute atomic E-state index is 0.390. The second kappa shape index (κ2) is 6.53. The van der Waals surface area contributed by atoms with E-state index in [9.17, 15) is 4.79 Å². The van der Waals surface area contributed by atoms with Gasteiger partial charge in [-0.05, 0) is 6.92 Å². The van der Waals surface area contributed by atoms with Crippen LogP contribution in [0.4, 0.5) is 5.13 Å². The Balaban J connectivity index is 2.58. The van der Waals surface area contributed by atoms with E-state index in [1.807, 2.05) is 18.9 Å². The van der Waals surface area contributed by atoms with Crippen LogP contribution in [0, 0.1) is 0 Å². The van der Waals surface area contributed by atoms with Gasteiger partial charge in [0.05, 0.1) is 12.3 Å². The number of carboxylic acid groups (broad SMARTS) is 1. The number of aliphatic carboxylic acids is 1. The maximum Gasteiger partial charge on any atom is 0.326 e. The number of nitrogens with zero attached hydrogens (tertiary/aromatic N) is 2. The van der Waals surface area contributed by atoms with E-state index >= 15 is 0 Å². The van der Waals surface area contributed by atoms with Gasteiger partial charge in [-0.25, -0.2) is 4.98 Å². The van der Waals surface area contributed by atoms with Gasteiger partial charge in [0.25, 0.3) is 0 Å². The van der Waals surface area contributed by atoms with Gasteiger partial charge in [-0.15, -0.1) is 11.3 Å². The van der Waals surface area contributed by atoms with E-state index in [1.54, 1.807) is 5.38 Å². The molecule has 0 aromatic carbocycles. The summed E-state index contributed by atoms with van der Waals surface area (Å²) in [6.07, 6.45) is 0. The van der Waals surface area contributed by atoms with Crippen molar-refractivity contribution in [2.75, 3.05) is 31.7 Å². The zero-order valence-electron chi connectivity index (χ0n) is 9.92. The van der Waals surface area contributed by atoms with Crippen molar-refractivity contribution in [2.24, 2.45) is 5.73 Å². The lowest BCUT2D eigenvalue weighted by Crippen LogP contribution is -2.24. The molecule has 1 heterocycles. The Bertz CT molecular complexity index is 369. The molecule has 1 unspecified atom stereocenters. The largest absolute Gasteiger partial charge is 0.480 e. The number of hydrogen-bond donors (Lipinski definition) is 2. The van der Waals surface area contributed by atoms with Gasteiger partial charge >= 0.3 is 5.97 Å². The summed E-state index contributed by atoms with van der Waals surface area (Å²) in [4.78, 5) is 16.8. The van der Waals surface area contributed by atoms with Crippen molar-refractivity contribution in [1.29, 1.82) is 0 Å². The third-order valence-electron chi connectivity index (χ3n) is 2.20. The number of likely N-dealkylation sites (N-methyl/N-ethyl adjacent to an activating group) is 1. The number of ether oxygens (including phenoxy) is 1. The van der Waals surface area contributed by atoms with Crippen molar-refractivity contribution in [3.8, 4) is 0 Å². The van der Waals surface area contributed by atoms with E-state index in [1.165, 1.54) is 11.3 Å². The third kappa shape index (κ3) is 3.95. The van der Waals surface area contributed by atoms with Crippen molar-refractivity contribution >= 4 is 22.4 Å². The number of thiazole rings is 1. The van der Waals surface area contributed by atoms with Crippen molar-refractivity contribution in [1.82, 2.24) is 4.98 Å². The smallest absolute Gasteiger partial charge is 0.326 e. The summed E-state index contributed by atoms with van der Waals surface area (Å²) in [7, 11) is 1.88. The molecular weight excluding hydrogens is 242 g/mol. The number of carboxylic acids is 1. The van der Waals surface area contributed by atoms with Crippen LogP contribution in [0.1, 0.15) is 18.7 Å². The van der Waals surface area contributed by atoms with Crippen molar-refractivity contribution in [3.63, 3.8) is 0 Å². The van der Waals surface area contributed by atoms with Crippen LogP contribution < -0.4 is 10.6 Å². The van der Waals surface area contributed by atoms with Crippen molar-refractivity contribution in [2.45, 2.75) is 13.0 Å². The van der Waals surface area contributed by atoms with Crippen LogP contribution in [0.5, 0.6) is 0 Å². The molecule has 7 heteroatoms. The Hall–Kier alpha value is -1.18. The van der Waals surface area contributed by atoms with Crippen LogP contribution in [0.25, 0.3) is 0 Å². The van der Waals surface area contributed by atoms with Crippen molar-refractivity contribution < 1.29 is 14.6 Å². The van der Waals surface area contributed by atoms with Gasteiger partial charge in [0.1, 0.15) is 6.04 Å². The number of anilines is 1. The number of rotatable bonds is 7. The number of aromatic nitrogens is 1. The van der Waals surface area contributed by atoms with E-state index in [0.717, 1.165) is 5.13 Å². The van der Waals surface area contributed by atoms with Crippen LogP contribution >= 0.6 is 11.3 Å². The standard InChI is InChI=1S/C10H17N3O3S/c1-3-16-5-4-13(2)10-12-7(6-17-10)8(11)9(14)15/h6,8H,3-5,11H2,1-2H3,(H,14,15). The van der Waals surface area contributed by atoms with Gasteiger partial charge in [-0.3, -0.25) is 4.79 Å². The molecule has 0 fully saturated rings. The fourth-order valence-electron chi connectivity index (χ4n) is 1.16. The van der Waals surface area contributed by atoms with Crippen LogP contribution in [0.15, 0.2) is 5.38 Å². The molecular formula is C10H17N3O3S. The molecule has 1 aromatic rings. The van der Waals surface area contributed by atoms with E-state index < -0.39 is 12.0 Å². The number of nitrogens with two attached hydrogens (primary N) is 1. The fourth-order valence-corrected chi connectivity index (χ4v) is 2.02. The first-order valence-electron chi connectivity index (χ1n) is 5.29. The van der Waals surface area contributed by atoms with Crippen molar-refractivity contribution in [3.05, 3.63) is 11.1 Å². The molecule has 0 aliphatic rings. The molecule has 0 amide bonds. The molecule has 0 saturated heterocycles. The quantitative estimate of drug-likeness (QED) is 0.701. The molecule has 6 nitrogen and oxygen atoms in total. The monoisotopic (exact) mass is 259 g/mol. The SMILES string of the molecule is CCOCCN(C)c1nc(C(N)C(=O)O)cs1. The summed E-state index contributed by atoms with van der Waals surface area (Å²) in [5.41, 5.74) is 5.86. The number of hydrogen-bond acceptors (Lipinski definition) is 6. The Morgan fingerprint density at radius 3 is 3.06 bits per heavy atom. The summed E-state index contributed by atoms with van der Waals surface area (Å²) >= 11 is 1.38. The van der Waals surface area contributed by atoms with E-state index in [-0.39, 0.29) is 0 Å². The predicted molar refractivity (Wildman–Crippen MR) is 66.4 cm³/mol. The summed E-state index contributed by atoms with van der Waals surface area (Å²) in [6, 6.07) is -1.06. The van der Waals surface area contributed by atoms with Crippen LogP contribution in [-0.4, -0.2) is 42.9 Å². The topological polar surface area (TPSA) is 88.7 Å². The Morgan fingerprint density at radius 1 is 1.76 bits per heavy atom. The molecule has 1 rings (SSSR count). The molecule has 1 atom stereocenters. The molecule has 0 aliphatic heterocycles. The van der Waals surface area contributed by atoms with Gasteiger partial charge in [0, 0.05) is 25.6 Å². The second-order valence-electron chi connectivity index (χ2n) is 3.49. The summed E-state index contributed by atoms with van der Waals surface area (Å²) < 4.78 is 5.23. The third-order valence-corrected chi connectivity index (χ3v) is 3.17. The average Bonchev–Trinajstić information content (AvgIpc) is 2.77. The first-order chi connectivity index (χ1) is 8.06. The molecule has 17 heavy (non-hydrogen) atoms. The maximum absolute atomic E-state index is 10.7. The highest BCUT2D eigenvalue weighted by Gasteiger charge is 2.18. The molecule has 0 bridgehead atoms. The van der Waals surface area contributed by atoms with Gasteiger partial charge in [0.15, 0.2) is 5.13 Å². The van der Waals surface area contributed by atoms with E-state index in [2.05, 4.69) is 4.98 Å². The summed E-state index contributed by atoms with van der Waals surface area (Å²) in [5.74, 6) is -1.07. The number of carbonyl (C=O) groups is 1. The minimum atomic E-state index is -1.07. The molecule has 0 spiro atoms. The Labute approximate surface area is 104 Å². The van der Waals surface area contributed by atoms with Crippen LogP contribution in [0.2, 0.25) is 0 Å². The lowest BCUT2D eigenvalue weighted by atomic mass is 10.2. The highest BCUT2D eigenvalue weighted by atomic mass is 32.1. The fraction of sp³-hybridized carbons (Fsp3) is 0.600. The van der Waals surface area contributed by atoms with Gasteiger partial charge < -0.3 is 20.5 Å². The zero-order valence-corrected chi connectivity index (χ0v) is 10.7. The molecule has 0 radical (unpaired) electrons. The summed E-state index contributed by atoms with van der Waals surface area (Å²) in [5, 5.41) is 11.2. The highest BCUT2D eigenvalue weighted by molar-refractivity contribution is 7.13. The zero-order chi connectivity index (χ0) is 12.8. The van der Waals surface area contributed by atoms with Gasteiger partial charge in [-0.1, -0.05) is 0 Å². The average molecular weight is 259 g/mol. The Kier molecular flexibility index (Phi) is 5.33. The second-order valence-corrected chi connectivity index (χ2v) is 4.33. The minimum Gasteiger partial charge on any atom is -0.480 e. The van der Waals surface area contributed by atoms with Gasteiger partial charge in [0.2, 0.25) is 0 Å². The molecule has 0 saturated carbocycles. The molecule has 96 valence electrons. The van der Waals surface area contributed by atoms with E-state index in [0.29, 0.717) is 25.5 Å². The summed E-state index contributed by atoms with van der Waals surface area (Å²) in [6.45, 7) is 3.95. The van der Waals surface area contributed by atoms with Crippen LogP contribution in [-0.2, 0) is 9.53 Å². The van der Waals surface area contributed by atoms with Crippen LogP contribution in [0.3, 0.4) is 0 Å². The maximum atomic E-state index is 10.7. The van der Waals surface area contributed by atoms with Gasteiger partial charge in [-0.2, -0.15) is 0 Å². The molecule has 3 N–H and O–H groups in total. The molecule has 0 aliphatic carbocycles. The highest BCUT2D eigenvalue weighted by Crippen LogP contribution is 2.22. The first-order valence-corrected chi connectivity index (χ1v) is 6.17. The predicted octanol–water partition coefficient (Wildman–Crippen LogP) is 0.700.